The van der Waals surface area contributed by atoms with Gasteiger partial charge in [0.1, 0.15) is 0 Å². The molecule has 0 saturated carbocycles. The van der Waals surface area contributed by atoms with Crippen LogP contribution in [0.15, 0.2) is 280 Å². The topological polar surface area (TPSA) is 6.48 Å². The molecule has 0 amide bonds. The van der Waals surface area contributed by atoms with Crippen molar-refractivity contribution in [3.05, 3.63) is 313 Å². The van der Waals surface area contributed by atoms with Gasteiger partial charge in [0, 0.05) is 39.8 Å². The molecule has 11 rings (SSSR count). The molecular formula is C73H66N2. The summed E-state index contributed by atoms with van der Waals surface area (Å²) in [6.07, 6.45) is 37.2. The summed E-state index contributed by atoms with van der Waals surface area (Å²) < 4.78 is 0. The van der Waals surface area contributed by atoms with Crippen LogP contribution < -0.4 is 9.80 Å². The van der Waals surface area contributed by atoms with E-state index in [9.17, 15) is 0 Å². The van der Waals surface area contributed by atoms with E-state index in [1.807, 2.05) is 18.2 Å². The molecule has 3 atom stereocenters. The van der Waals surface area contributed by atoms with E-state index >= 15 is 0 Å². The summed E-state index contributed by atoms with van der Waals surface area (Å²) in [7, 11) is 0. The number of hydrogen-bond donors (Lipinski definition) is 0. The molecule has 0 N–H and O–H groups in total. The maximum Gasteiger partial charge on any atom is 0.0708 e. The van der Waals surface area contributed by atoms with E-state index in [1.165, 1.54) is 50.1 Å². The maximum absolute atomic E-state index is 5.04. The van der Waals surface area contributed by atoms with Crippen molar-refractivity contribution < 1.29 is 0 Å². The Morgan fingerprint density at radius 1 is 0.627 bits per heavy atom. The lowest BCUT2D eigenvalue weighted by molar-refractivity contribution is 0.660. The fourth-order valence-electron chi connectivity index (χ4n) is 12.7. The lowest BCUT2D eigenvalue weighted by atomic mass is 9.67. The van der Waals surface area contributed by atoms with Crippen LogP contribution in [0.4, 0.5) is 22.7 Å². The van der Waals surface area contributed by atoms with E-state index in [0.29, 0.717) is 5.92 Å². The van der Waals surface area contributed by atoms with Gasteiger partial charge in [-0.05, 0) is 171 Å². The predicted octanol–water partition coefficient (Wildman–Crippen LogP) is 19.3. The normalized spacial score (nSPS) is 20.4. The minimum Gasteiger partial charge on any atom is -0.334 e. The molecule has 6 aromatic carbocycles. The molecule has 2 heteroatoms. The maximum atomic E-state index is 5.04. The van der Waals surface area contributed by atoms with Crippen molar-refractivity contribution in [3.8, 4) is 22.3 Å². The van der Waals surface area contributed by atoms with Gasteiger partial charge in [-0.3, -0.25) is 0 Å². The molecule has 0 radical (unpaired) electrons. The molecule has 5 aliphatic rings. The van der Waals surface area contributed by atoms with Gasteiger partial charge in [-0.15, -0.1) is 0 Å². The summed E-state index contributed by atoms with van der Waals surface area (Å²) in [6.45, 7) is 29.2. The largest absolute Gasteiger partial charge is 0.334 e. The highest BCUT2D eigenvalue weighted by molar-refractivity contribution is 6.00. The minimum atomic E-state index is -0.774. The van der Waals surface area contributed by atoms with E-state index in [1.54, 1.807) is 0 Å². The Morgan fingerprint density at radius 3 is 2.07 bits per heavy atom. The number of fused-ring (bicyclic) bond motifs is 4. The molecule has 75 heavy (non-hydrogen) atoms. The van der Waals surface area contributed by atoms with Gasteiger partial charge < -0.3 is 9.80 Å². The van der Waals surface area contributed by atoms with Crippen LogP contribution in [0.3, 0.4) is 0 Å². The molecule has 368 valence electrons. The van der Waals surface area contributed by atoms with Crippen LogP contribution in [-0.4, -0.2) is 6.04 Å². The van der Waals surface area contributed by atoms with Gasteiger partial charge in [0.05, 0.1) is 11.5 Å². The fraction of sp³-hybridized carbons (Fsp3) is 0.151. The average Bonchev–Trinajstić information content (AvgIpc) is 3.90. The number of benzene rings is 6. The average molecular weight is 971 g/mol. The summed E-state index contributed by atoms with van der Waals surface area (Å²) in [5.74, 6) is 0.403. The summed E-state index contributed by atoms with van der Waals surface area (Å²) in [6, 6.07) is 49.7. The Kier molecular flexibility index (Phi) is 13.1. The molecular weight excluding hydrogens is 905 g/mol. The van der Waals surface area contributed by atoms with Crippen molar-refractivity contribution in [3.63, 3.8) is 0 Å². The number of nitrogens with zero attached hydrogens (tertiary/aromatic N) is 2. The second-order valence-corrected chi connectivity index (χ2v) is 20.8. The minimum absolute atomic E-state index is 0.0938. The fourth-order valence-corrected chi connectivity index (χ4v) is 12.7. The second kappa shape index (κ2) is 20.1. The van der Waals surface area contributed by atoms with Gasteiger partial charge in [-0.2, -0.15) is 0 Å². The van der Waals surface area contributed by atoms with E-state index < -0.39 is 5.41 Å². The van der Waals surface area contributed by atoms with Crippen LogP contribution >= 0.6 is 0 Å². The van der Waals surface area contributed by atoms with Crippen molar-refractivity contribution in [1.29, 1.82) is 0 Å². The first-order valence-corrected chi connectivity index (χ1v) is 26.6. The lowest BCUT2D eigenvalue weighted by Gasteiger charge is -2.37. The molecule has 2 nitrogen and oxygen atoms in total. The quantitative estimate of drug-likeness (QED) is 0.100. The van der Waals surface area contributed by atoms with Gasteiger partial charge in [0.15, 0.2) is 0 Å². The summed E-state index contributed by atoms with van der Waals surface area (Å²) in [5.41, 5.74) is 22.3. The number of anilines is 4. The second-order valence-electron chi connectivity index (χ2n) is 20.8. The Morgan fingerprint density at radius 2 is 1.36 bits per heavy atom. The Bertz CT molecular complexity index is 3570. The van der Waals surface area contributed by atoms with Gasteiger partial charge in [0.2, 0.25) is 0 Å². The van der Waals surface area contributed by atoms with Crippen LogP contribution in [0.25, 0.3) is 33.4 Å². The van der Waals surface area contributed by atoms with Gasteiger partial charge in [-0.1, -0.05) is 217 Å². The highest BCUT2D eigenvalue weighted by Gasteiger charge is 2.49. The van der Waals surface area contributed by atoms with Crippen LogP contribution in [0.2, 0.25) is 0 Å². The highest BCUT2D eigenvalue weighted by Crippen LogP contribution is 2.60. The lowest BCUT2D eigenvalue weighted by Crippen LogP contribution is -2.32. The zero-order valence-corrected chi connectivity index (χ0v) is 43.8. The van der Waals surface area contributed by atoms with E-state index in [0.717, 1.165) is 87.5 Å². The zero-order chi connectivity index (χ0) is 51.8. The van der Waals surface area contributed by atoms with Crippen molar-refractivity contribution in [2.24, 2.45) is 5.92 Å². The summed E-state index contributed by atoms with van der Waals surface area (Å²) >= 11 is 0. The highest BCUT2D eigenvalue weighted by atomic mass is 15.2. The van der Waals surface area contributed by atoms with Crippen LogP contribution in [0, 0.1) is 5.92 Å². The Hall–Kier alpha value is -8.46. The third-order valence-corrected chi connectivity index (χ3v) is 16.4. The smallest absolute Gasteiger partial charge is 0.0708 e. The van der Waals surface area contributed by atoms with Gasteiger partial charge in [0.25, 0.3) is 0 Å². The monoisotopic (exact) mass is 971 g/mol. The van der Waals surface area contributed by atoms with Gasteiger partial charge in [-0.25, -0.2) is 0 Å². The first-order valence-electron chi connectivity index (χ1n) is 26.6. The van der Waals surface area contributed by atoms with Crippen molar-refractivity contribution in [1.82, 2.24) is 0 Å². The standard InChI is InChI=1S/C73H66N2/c1-9-23-57(11-3)73(58-28-21-29-62(48-58)75(60-40-34-54(35-41-60)52-24-15-13-16-25-52)61-42-36-55(37-43-61)53-26-17-14-18-27-53)51(6)64(12-4)71-65(31-22-33-69(71)73)56-38-44-59(45-39-56)74(50(5)10-2)63-46-47-67-66-30-19-20-32-68(66)72(7,8)70(67)49-63/h9-13,15-17,19-24,26-40,42-49,52,60H,1-3,5-6,14,18,25,41H2,4,7-8H3. The first kappa shape index (κ1) is 48.8. The molecule has 0 fully saturated rings. The third-order valence-electron chi connectivity index (χ3n) is 16.4. The van der Waals surface area contributed by atoms with Crippen LogP contribution in [0.1, 0.15) is 79.8 Å². The SMILES string of the molecule is C=CC=C(C=C)C1(c2cccc(N(c3ccc(C4=CCCC=C4)cc3)C3C=CC(C4C=CC=CC4)=CC3)c2)C(=C)C(=CC)c2c(-c3ccc(N(C(=C)C=C)c4ccc5c(c4)C(C)(C)c4ccccc4-5)cc3)cccc21. The molecule has 0 aliphatic heterocycles. The van der Waals surface area contributed by atoms with Crippen molar-refractivity contribution in [2.45, 2.75) is 63.3 Å². The van der Waals surface area contributed by atoms with E-state index in [-0.39, 0.29) is 11.5 Å². The molecule has 0 spiro atoms. The number of hydrogen-bond acceptors (Lipinski definition) is 2. The summed E-state index contributed by atoms with van der Waals surface area (Å²) in [5, 5.41) is 0. The zero-order valence-electron chi connectivity index (χ0n) is 43.8. The van der Waals surface area contributed by atoms with Crippen molar-refractivity contribution in [2.75, 3.05) is 9.80 Å². The molecule has 6 aromatic rings. The van der Waals surface area contributed by atoms with Gasteiger partial charge >= 0.3 is 0 Å². The van der Waals surface area contributed by atoms with Crippen LogP contribution in [-0.2, 0) is 10.8 Å². The first-order chi connectivity index (χ1) is 36.6. The molecule has 0 aromatic heterocycles. The molecule has 0 saturated heterocycles. The predicted molar refractivity (Wildman–Crippen MR) is 323 cm³/mol. The molecule has 3 unspecified atom stereocenters. The van der Waals surface area contributed by atoms with Crippen LogP contribution in [0.5, 0.6) is 0 Å². The van der Waals surface area contributed by atoms with Crippen molar-refractivity contribution >= 4 is 33.9 Å². The number of allylic oxidation sites excluding steroid dienone is 18. The molecule has 0 bridgehead atoms. The Labute approximate surface area is 446 Å². The van der Waals surface area contributed by atoms with E-state index in [2.05, 4.69) is 263 Å². The Balaban J connectivity index is 1.00. The van der Waals surface area contributed by atoms with E-state index in [4.69, 9.17) is 6.58 Å². The third kappa shape index (κ3) is 8.30. The molecule has 5 aliphatic carbocycles. The number of rotatable bonds is 14. The molecule has 0 heterocycles. The summed E-state index contributed by atoms with van der Waals surface area (Å²) in [4.78, 5) is 4.74.